The Morgan fingerprint density at radius 3 is 1.42 bits per heavy atom. The van der Waals surface area contributed by atoms with Gasteiger partial charge in [0.1, 0.15) is 11.5 Å². The average Bonchev–Trinajstić information content (AvgIpc) is 2.93. The van der Waals surface area contributed by atoms with Crippen molar-refractivity contribution < 1.29 is 19.1 Å². The van der Waals surface area contributed by atoms with Crippen molar-refractivity contribution in [1.82, 2.24) is 9.80 Å². The van der Waals surface area contributed by atoms with E-state index in [2.05, 4.69) is 45.7 Å². The maximum Gasteiger partial charge on any atom is 0.257 e. The lowest BCUT2D eigenvalue weighted by atomic mass is 10.1. The lowest BCUT2D eigenvalue weighted by Crippen LogP contribution is -2.50. The van der Waals surface area contributed by atoms with Crippen LogP contribution < -0.4 is 9.47 Å². The summed E-state index contributed by atoms with van der Waals surface area (Å²) in [6, 6.07) is 11.2. The van der Waals surface area contributed by atoms with Gasteiger partial charge in [0.25, 0.3) is 11.8 Å². The summed E-state index contributed by atoms with van der Waals surface area (Å²) in [5.74, 6) is 1.09. The minimum Gasteiger partial charge on any atom is -0.493 e. The van der Waals surface area contributed by atoms with Crippen LogP contribution in [0.3, 0.4) is 0 Å². The number of halogens is 2. The molecule has 1 aliphatic heterocycles. The number of ether oxygens (including phenoxy) is 2. The molecule has 0 N–H and O–H groups in total. The standard InChI is InChI=1S/C30H40Br2N2O4/c1-3-5-7-9-19-37-27-13-11-23(31)21-25(27)29(35)33-15-17-34(18-16-33)30(36)26-22-24(32)12-14-28(26)38-20-10-8-6-4-2/h11-14,21-22H,3-10,15-20H2,1-2H3. The summed E-state index contributed by atoms with van der Waals surface area (Å²) >= 11 is 6.99. The molecule has 0 atom stereocenters. The van der Waals surface area contributed by atoms with E-state index in [0.29, 0.717) is 62.0 Å². The number of rotatable bonds is 14. The molecule has 2 amide bonds. The van der Waals surface area contributed by atoms with Crippen LogP contribution in [0.2, 0.25) is 0 Å². The molecule has 0 unspecified atom stereocenters. The van der Waals surface area contributed by atoms with Crippen LogP contribution >= 0.6 is 31.9 Å². The van der Waals surface area contributed by atoms with Crippen molar-refractivity contribution in [3.63, 3.8) is 0 Å². The molecule has 2 aromatic carbocycles. The summed E-state index contributed by atoms with van der Waals surface area (Å²) < 4.78 is 13.7. The van der Waals surface area contributed by atoms with Crippen molar-refractivity contribution >= 4 is 43.7 Å². The van der Waals surface area contributed by atoms with Gasteiger partial charge in [-0.05, 0) is 49.2 Å². The third kappa shape index (κ3) is 9.01. The van der Waals surface area contributed by atoms with Gasteiger partial charge in [-0.25, -0.2) is 0 Å². The summed E-state index contributed by atoms with van der Waals surface area (Å²) in [5, 5.41) is 0. The number of amides is 2. The Hall–Kier alpha value is -2.06. The topological polar surface area (TPSA) is 59.1 Å². The van der Waals surface area contributed by atoms with Gasteiger partial charge < -0.3 is 19.3 Å². The largest absolute Gasteiger partial charge is 0.493 e. The molecule has 0 radical (unpaired) electrons. The van der Waals surface area contributed by atoms with Gasteiger partial charge in [-0.1, -0.05) is 84.2 Å². The minimum absolute atomic E-state index is 0.0690. The van der Waals surface area contributed by atoms with Gasteiger partial charge in [0.15, 0.2) is 0 Å². The van der Waals surface area contributed by atoms with Crippen LogP contribution in [0.25, 0.3) is 0 Å². The van der Waals surface area contributed by atoms with Crippen LogP contribution in [0.5, 0.6) is 11.5 Å². The predicted octanol–water partition coefficient (Wildman–Crippen LogP) is 7.73. The summed E-state index contributed by atoms with van der Waals surface area (Å²) in [6.07, 6.45) is 8.90. The normalized spacial score (nSPS) is 13.5. The van der Waals surface area contributed by atoms with Gasteiger partial charge in [0, 0.05) is 35.1 Å². The number of benzene rings is 2. The first kappa shape index (κ1) is 30.5. The first-order valence-corrected chi connectivity index (χ1v) is 15.5. The quantitative estimate of drug-likeness (QED) is 0.196. The zero-order valence-corrected chi connectivity index (χ0v) is 25.8. The summed E-state index contributed by atoms with van der Waals surface area (Å²) in [6.45, 7) is 7.42. The molecule has 0 aromatic heterocycles. The second-order valence-electron chi connectivity index (χ2n) is 9.68. The zero-order chi connectivity index (χ0) is 27.3. The Balaban J connectivity index is 1.60. The number of hydrogen-bond acceptors (Lipinski definition) is 4. The molecule has 0 aliphatic carbocycles. The molecule has 0 bridgehead atoms. The third-order valence-corrected chi connectivity index (χ3v) is 7.70. The van der Waals surface area contributed by atoms with Gasteiger partial charge in [-0.2, -0.15) is 0 Å². The molecule has 0 saturated carbocycles. The van der Waals surface area contributed by atoms with Crippen LogP contribution in [-0.4, -0.2) is 61.0 Å². The predicted molar refractivity (Wildman–Crippen MR) is 159 cm³/mol. The van der Waals surface area contributed by atoms with Crippen molar-refractivity contribution in [3.05, 3.63) is 56.5 Å². The summed E-state index contributed by atoms with van der Waals surface area (Å²) in [4.78, 5) is 30.5. The Morgan fingerprint density at radius 1 is 0.658 bits per heavy atom. The van der Waals surface area contributed by atoms with E-state index < -0.39 is 0 Å². The molecule has 38 heavy (non-hydrogen) atoms. The summed E-state index contributed by atoms with van der Waals surface area (Å²) in [5.41, 5.74) is 1.11. The van der Waals surface area contributed by atoms with E-state index in [0.717, 1.165) is 34.6 Å². The minimum atomic E-state index is -0.0690. The molecule has 6 nitrogen and oxygen atoms in total. The van der Waals surface area contributed by atoms with E-state index in [9.17, 15) is 9.59 Å². The van der Waals surface area contributed by atoms with Gasteiger partial charge in [-0.3, -0.25) is 9.59 Å². The number of hydrogen-bond donors (Lipinski definition) is 0. The smallest absolute Gasteiger partial charge is 0.257 e. The monoisotopic (exact) mass is 650 g/mol. The Bertz CT molecular complexity index is 971. The number of unbranched alkanes of at least 4 members (excludes halogenated alkanes) is 6. The molecular formula is C30H40Br2N2O4. The summed E-state index contributed by atoms with van der Waals surface area (Å²) in [7, 11) is 0. The van der Waals surface area contributed by atoms with Gasteiger partial charge >= 0.3 is 0 Å². The second-order valence-corrected chi connectivity index (χ2v) is 11.5. The molecule has 1 aliphatic rings. The third-order valence-electron chi connectivity index (χ3n) is 6.71. The molecule has 8 heteroatoms. The van der Waals surface area contributed by atoms with Crippen molar-refractivity contribution in [2.75, 3.05) is 39.4 Å². The fourth-order valence-corrected chi connectivity index (χ4v) is 5.19. The van der Waals surface area contributed by atoms with Gasteiger partial charge in [-0.15, -0.1) is 0 Å². The number of nitrogens with zero attached hydrogens (tertiary/aromatic N) is 2. The van der Waals surface area contributed by atoms with Crippen LogP contribution in [0, 0.1) is 0 Å². The first-order chi connectivity index (χ1) is 18.4. The maximum atomic E-state index is 13.4. The first-order valence-electron chi connectivity index (χ1n) is 13.9. The lowest BCUT2D eigenvalue weighted by molar-refractivity contribution is 0.0530. The number of carbonyl (C=O) groups excluding carboxylic acids is 2. The molecule has 1 fully saturated rings. The highest BCUT2D eigenvalue weighted by Gasteiger charge is 2.28. The van der Waals surface area contributed by atoms with E-state index in [4.69, 9.17) is 9.47 Å². The van der Waals surface area contributed by atoms with Gasteiger partial charge in [0.2, 0.25) is 0 Å². The Kier molecular flexibility index (Phi) is 12.9. The SMILES string of the molecule is CCCCCCOc1ccc(Br)cc1C(=O)N1CCN(C(=O)c2cc(Br)ccc2OCCCCCC)CC1. The van der Waals surface area contributed by atoms with Crippen molar-refractivity contribution in [2.24, 2.45) is 0 Å². The Labute approximate surface area is 244 Å². The van der Waals surface area contributed by atoms with Crippen LogP contribution in [0.1, 0.15) is 85.9 Å². The average molecular weight is 652 g/mol. The van der Waals surface area contributed by atoms with Crippen LogP contribution in [-0.2, 0) is 0 Å². The molecule has 1 saturated heterocycles. The second kappa shape index (κ2) is 16.1. The number of carbonyl (C=O) groups is 2. The molecule has 3 rings (SSSR count). The fourth-order valence-electron chi connectivity index (χ4n) is 4.47. The van der Waals surface area contributed by atoms with E-state index in [-0.39, 0.29) is 11.8 Å². The van der Waals surface area contributed by atoms with E-state index in [1.54, 1.807) is 0 Å². The van der Waals surface area contributed by atoms with Gasteiger partial charge in [0.05, 0.1) is 24.3 Å². The molecule has 2 aromatic rings. The van der Waals surface area contributed by atoms with Crippen LogP contribution in [0.4, 0.5) is 0 Å². The highest BCUT2D eigenvalue weighted by Crippen LogP contribution is 2.28. The highest BCUT2D eigenvalue weighted by molar-refractivity contribution is 9.10. The zero-order valence-electron chi connectivity index (χ0n) is 22.6. The molecule has 1 heterocycles. The highest BCUT2D eigenvalue weighted by atomic mass is 79.9. The van der Waals surface area contributed by atoms with E-state index in [1.165, 1.54) is 25.7 Å². The molecule has 0 spiro atoms. The van der Waals surface area contributed by atoms with Crippen LogP contribution in [0.15, 0.2) is 45.3 Å². The fraction of sp³-hybridized carbons (Fsp3) is 0.533. The maximum absolute atomic E-state index is 13.4. The van der Waals surface area contributed by atoms with Crippen molar-refractivity contribution in [1.29, 1.82) is 0 Å². The van der Waals surface area contributed by atoms with E-state index in [1.807, 2.05) is 46.2 Å². The Morgan fingerprint density at radius 2 is 1.05 bits per heavy atom. The lowest BCUT2D eigenvalue weighted by Gasteiger charge is -2.35. The van der Waals surface area contributed by atoms with E-state index >= 15 is 0 Å². The number of piperazine rings is 1. The molecule has 208 valence electrons. The molecular weight excluding hydrogens is 612 g/mol. The van der Waals surface area contributed by atoms with Crippen molar-refractivity contribution in [2.45, 2.75) is 65.2 Å². The van der Waals surface area contributed by atoms with Crippen molar-refractivity contribution in [3.8, 4) is 11.5 Å².